The Hall–Kier alpha value is -1.13. The fourth-order valence-corrected chi connectivity index (χ4v) is 4.69. The Balaban J connectivity index is 3.36. The number of unbranched alkanes of at least 4 members (excludes halogenated alkanes) is 20. The molecule has 2 unspecified atom stereocenters. The van der Waals surface area contributed by atoms with E-state index in [1.165, 1.54) is 122 Å². The number of nitrogens with one attached hydrogen (secondary N) is 1. The molecule has 0 aromatic heterocycles. The minimum Gasteiger partial charge on any atom is -0.394 e. The molecule has 1 amide bonds. The molecule has 3 N–H and O–H groups in total. The Morgan fingerprint density at radius 1 is 0.622 bits per heavy atom. The van der Waals surface area contributed by atoms with Gasteiger partial charge in [-0.3, -0.25) is 4.79 Å². The van der Waals surface area contributed by atoms with Gasteiger partial charge in [-0.15, -0.1) is 0 Å². The SMILES string of the molecule is CCCCCCCCCCCCCCCCCCCCC/C=C/CC/C=C/C(O)C(CO)NC(=O)CC. The van der Waals surface area contributed by atoms with Gasteiger partial charge in [0, 0.05) is 6.42 Å². The van der Waals surface area contributed by atoms with Gasteiger partial charge in [-0.2, -0.15) is 0 Å². The molecule has 0 spiro atoms. The first kappa shape index (κ1) is 35.9. The largest absolute Gasteiger partial charge is 0.394 e. The van der Waals surface area contributed by atoms with Crippen molar-refractivity contribution in [3.63, 3.8) is 0 Å². The van der Waals surface area contributed by atoms with Crippen molar-refractivity contribution in [3.05, 3.63) is 24.3 Å². The van der Waals surface area contributed by atoms with Crippen LogP contribution in [0.4, 0.5) is 0 Å². The van der Waals surface area contributed by atoms with Crippen molar-refractivity contribution in [2.45, 2.75) is 174 Å². The molecule has 0 aliphatic carbocycles. The standard InChI is InChI=1S/C33H63NO3/c1-3-5-6-7-8-9-10-11-12-13-14-15-16-17-18-19-20-21-22-23-24-25-26-27-28-29-32(36)31(30-35)34-33(37)4-2/h24-25,28-29,31-32,35-36H,3-23,26-27,30H2,1-2H3,(H,34,37)/b25-24+,29-28+. The number of carbonyl (C=O) groups is 1. The molecular formula is C33H63NO3. The molecule has 0 fully saturated rings. The van der Waals surface area contributed by atoms with Crippen LogP contribution in [0, 0.1) is 0 Å². The zero-order chi connectivity index (χ0) is 27.2. The molecule has 4 nitrogen and oxygen atoms in total. The van der Waals surface area contributed by atoms with Crippen molar-refractivity contribution < 1.29 is 15.0 Å². The maximum Gasteiger partial charge on any atom is 0.220 e. The number of allylic oxidation sites excluding steroid dienone is 3. The zero-order valence-corrected chi connectivity index (χ0v) is 24.7. The number of hydrogen-bond donors (Lipinski definition) is 3. The normalized spacial score (nSPS) is 13.5. The van der Waals surface area contributed by atoms with Crippen molar-refractivity contribution in [2.75, 3.05) is 6.61 Å². The molecule has 0 aliphatic rings. The highest BCUT2D eigenvalue weighted by atomic mass is 16.3. The van der Waals surface area contributed by atoms with Crippen LogP contribution in [0.1, 0.15) is 162 Å². The topological polar surface area (TPSA) is 69.6 Å². The van der Waals surface area contributed by atoms with Crippen LogP contribution in [0.5, 0.6) is 0 Å². The molecular weight excluding hydrogens is 458 g/mol. The van der Waals surface area contributed by atoms with Crippen LogP contribution >= 0.6 is 0 Å². The summed E-state index contributed by atoms with van der Waals surface area (Å²) in [5, 5.41) is 22.0. The average molecular weight is 522 g/mol. The van der Waals surface area contributed by atoms with Gasteiger partial charge in [0.1, 0.15) is 0 Å². The van der Waals surface area contributed by atoms with E-state index in [2.05, 4.69) is 24.4 Å². The van der Waals surface area contributed by atoms with E-state index >= 15 is 0 Å². The van der Waals surface area contributed by atoms with Gasteiger partial charge in [0.15, 0.2) is 0 Å². The van der Waals surface area contributed by atoms with E-state index in [9.17, 15) is 15.0 Å². The Morgan fingerprint density at radius 2 is 1.03 bits per heavy atom. The van der Waals surface area contributed by atoms with Crippen LogP contribution in [-0.4, -0.2) is 34.9 Å². The van der Waals surface area contributed by atoms with Gasteiger partial charge in [0.2, 0.25) is 5.91 Å². The van der Waals surface area contributed by atoms with Crippen LogP contribution in [0.25, 0.3) is 0 Å². The fourth-order valence-electron chi connectivity index (χ4n) is 4.69. The van der Waals surface area contributed by atoms with Crippen molar-refractivity contribution in [3.8, 4) is 0 Å². The predicted octanol–water partition coefficient (Wildman–Crippen LogP) is 8.95. The van der Waals surface area contributed by atoms with Crippen molar-refractivity contribution >= 4 is 5.91 Å². The lowest BCUT2D eigenvalue weighted by atomic mass is 10.0. The maximum absolute atomic E-state index is 11.4. The highest BCUT2D eigenvalue weighted by molar-refractivity contribution is 5.75. The summed E-state index contributed by atoms with van der Waals surface area (Å²) >= 11 is 0. The van der Waals surface area contributed by atoms with Gasteiger partial charge >= 0.3 is 0 Å². The Labute approximate surface area is 230 Å². The van der Waals surface area contributed by atoms with Crippen molar-refractivity contribution in [1.82, 2.24) is 5.32 Å². The Kier molecular flexibility index (Phi) is 28.5. The summed E-state index contributed by atoms with van der Waals surface area (Å²) in [4.78, 5) is 11.4. The predicted molar refractivity (Wildman–Crippen MR) is 161 cm³/mol. The van der Waals surface area contributed by atoms with Gasteiger partial charge < -0.3 is 15.5 Å². The molecule has 0 aliphatic heterocycles. The van der Waals surface area contributed by atoms with Crippen molar-refractivity contribution in [1.29, 1.82) is 0 Å². The van der Waals surface area contributed by atoms with E-state index in [1.807, 2.05) is 6.08 Å². The highest BCUT2D eigenvalue weighted by Crippen LogP contribution is 2.15. The molecule has 0 bridgehead atoms. The third-order valence-corrected chi connectivity index (χ3v) is 7.25. The molecule has 0 heterocycles. The molecule has 0 rings (SSSR count). The van der Waals surface area contributed by atoms with Gasteiger partial charge in [0.05, 0.1) is 18.8 Å². The van der Waals surface area contributed by atoms with Gasteiger partial charge in [-0.25, -0.2) is 0 Å². The second kappa shape index (κ2) is 29.4. The molecule has 218 valence electrons. The molecule has 4 heteroatoms. The average Bonchev–Trinajstić information content (AvgIpc) is 2.91. The van der Waals surface area contributed by atoms with E-state index in [0.29, 0.717) is 6.42 Å². The summed E-state index contributed by atoms with van der Waals surface area (Å²) < 4.78 is 0. The van der Waals surface area contributed by atoms with E-state index in [-0.39, 0.29) is 12.5 Å². The number of aliphatic hydroxyl groups excluding tert-OH is 2. The minimum atomic E-state index is -0.853. The van der Waals surface area contributed by atoms with Crippen LogP contribution in [-0.2, 0) is 4.79 Å². The number of rotatable bonds is 28. The first-order chi connectivity index (χ1) is 18.2. The van der Waals surface area contributed by atoms with Crippen LogP contribution in [0.15, 0.2) is 24.3 Å². The summed E-state index contributed by atoms with van der Waals surface area (Å²) in [6, 6.07) is -0.631. The lowest BCUT2D eigenvalue weighted by molar-refractivity contribution is -0.122. The van der Waals surface area contributed by atoms with Crippen LogP contribution in [0.2, 0.25) is 0 Å². The summed E-state index contributed by atoms with van der Waals surface area (Å²) in [5.74, 6) is -0.163. The van der Waals surface area contributed by atoms with Crippen molar-refractivity contribution in [2.24, 2.45) is 0 Å². The number of aliphatic hydroxyl groups is 2. The van der Waals surface area contributed by atoms with E-state index in [0.717, 1.165) is 19.3 Å². The lowest BCUT2D eigenvalue weighted by Gasteiger charge is -2.19. The molecule has 2 atom stereocenters. The fraction of sp³-hybridized carbons (Fsp3) is 0.848. The molecule has 0 saturated carbocycles. The summed E-state index contributed by atoms with van der Waals surface area (Å²) in [6.45, 7) is 3.77. The maximum atomic E-state index is 11.4. The summed E-state index contributed by atoms with van der Waals surface area (Å²) in [7, 11) is 0. The molecule has 0 radical (unpaired) electrons. The number of hydrogen-bond acceptors (Lipinski definition) is 3. The third-order valence-electron chi connectivity index (χ3n) is 7.25. The summed E-state index contributed by atoms with van der Waals surface area (Å²) in [5.41, 5.74) is 0. The smallest absolute Gasteiger partial charge is 0.220 e. The molecule has 37 heavy (non-hydrogen) atoms. The Morgan fingerprint density at radius 3 is 1.46 bits per heavy atom. The second-order valence-electron chi connectivity index (χ2n) is 10.8. The van der Waals surface area contributed by atoms with Gasteiger partial charge in [-0.05, 0) is 25.7 Å². The first-order valence-electron chi connectivity index (χ1n) is 16.1. The van der Waals surface area contributed by atoms with Crippen LogP contribution in [0.3, 0.4) is 0 Å². The quantitative estimate of drug-likeness (QED) is 0.0711. The lowest BCUT2D eigenvalue weighted by Crippen LogP contribution is -2.44. The minimum absolute atomic E-state index is 0.163. The zero-order valence-electron chi connectivity index (χ0n) is 24.7. The number of amides is 1. The number of carbonyl (C=O) groups excluding carboxylic acids is 1. The molecule has 0 aromatic rings. The van der Waals surface area contributed by atoms with Gasteiger partial charge in [0.25, 0.3) is 0 Å². The van der Waals surface area contributed by atoms with E-state index in [1.54, 1.807) is 13.0 Å². The van der Waals surface area contributed by atoms with E-state index < -0.39 is 12.1 Å². The van der Waals surface area contributed by atoms with Crippen LogP contribution < -0.4 is 5.32 Å². The molecule has 0 saturated heterocycles. The molecule has 0 aromatic carbocycles. The van der Waals surface area contributed by atoms with E-state index in [4.69, 9.17) is 0 Å². The first-order valence-corrected chi connectivity index (χ1v) is 16.1. The second-order valence-corrected chi connectivity index (χ2v) is 10.8. The third kappa shape index (κ3) is 26.3. The summed E-state index contributed by atoms with van der Waals surface area (Å²) in [6.07, 6.45) is 37.4. The van der Waals surface area contributed by atoms with Gasteiger partial charge in [-0.1, -0.05) is 154 Å². The Bertz CT molecular complexity index is 532. The monoisotopic (exact) mass is 521 g/mol. The highest BCUT2D eigenvalue weighted by Gasteiger charge is 2.17.